The molecule has 1 heteroatoms. The highest BCUT2D eigenvalue weighted by Crippen LogP contribution is 2.28. The Morgan fingerprint density at radius 1 is 1.17 bits per heavy atom. The second-order valence-electron chi connectivity index (χ2n) is 3.56. The zero-order chi connectivity index (χ0) is 8.39. The number of hydrogen-bond acceptors (Lipinski definition) is 1. The van der Waals surface area contributed by atoms with Gasteiger partial charge in [0.1, 0.15) is 0 Å². The van der Waals surface area contributed by atoms with E-state index in [9.17, 15) is 0 Å². The summed E-state index contributed by atoms with van der Waals surface area (Å²) in [5.74, 6) is 1.89. The molecule has 0 nitrogen and oxygen atoms in total. The quantitative estimate of drug-likeness (QED) is 0.661. The van der Waals surface area contributed by atoms with Crippen LogP contribution in [-0.2, 0) is 12.8 Å². The van der Waals surface area contributed by atoms with Crippen molar-refractivity contribution < 1.29 is 0 Å². The smallest absolute Gasteiger partial charge is 0.00950 e. The molecular weight excluding hydrogens is 164 g/mol. The predicted octanol–water partition coefficient (Wildman–Crippen LogP) is 2.72. The molecule has 1 aliphatic rings. The molecule has 0 radical (unpaired) electrons. The maximum atomic E-state index is 4.27. The number of fused-ring (bicyclic) bond motifs is 1. The van der Waals surface area contributed by atoms with Gasteiger partial charge in [-0.25, -0.2) is 0 Å². The maximum absolute atomic E-state index is 4.27. The Morgan fingerprint density at radius 3 is 2.25 bits per heavy atom. The zero-order valence-electron chi connectivity index (χ0n) is 7.16. The van der Waals surface area contributed by atoms with Gasteiger partial charge in [-0.1, -0.05) is 24.3 Å². The Balaban J connectivity index is 2.11. The Morgan fingerprint density at radius 2 is 1.75 bits per heavy atom. The molecule has 0 spiro atoms. The van der Waals surface area contributed by atoms with Gasteiger partial charge in [-0.15, -0.1) is 0 Å². The van der Waals surface area contributed by atoms with Crippen LogP contribution < -0.4 is 0 Å². The molecule has 0 heterocycles. The highest BCUT2D eigenvalue weighted by atomic mass is 32.1. The van der Waals surface area contributed by atoms with Crippen LogP contribution in [0.4, 0.5) is 0 Å². The van der Waals surface area contributed by atoms with Crippen LogP contribution in [0.25, 0.3) is 0 Å². The summed E-state index contributed by atoms with van der Waals surface area (Å²) in [6.07, 6.45) is 3.81. The lowest BCUT2D eigenvalue weighted by molar-refractivity contribution is 0.548. The minimum absolute atomic E-state index is 0.861. The average molecular weight is 178 g/mol. The van der Waals surface area contributed by atoms with Crippen molar-refractivity contribution in [2.45, 2.75) is 19.3 Å². The van der Waals surface area contributed by atoms with E-state index in [0.717, 1.165) is 11.7 Å². The summed E-state index contributed by atoms with van der Waals surface area (Å²) in [6.45, 7) is 0. The van der Waals surface area contributed by atoms with E-state index in [-0.39, 0.29) is 0 Å². The number of thiol groups is 1. The van der Waals surface area contributed by atoms with Gasteiger partial charge in [-0.05, 0) is 42.1 Å². The monoisotopic (exact) mass is 178 g/mol. The van der Waals surface area contributed by atoms with Crippen molar-refractivity contribution in [3.8, 4) is 0 Å². The molecule has 1 aliphatic carbocycles. The SMILES string of the molecule is SCCC1Cc2ccccc2C1. The molecule has 1 aromatic rings. The normalized spacial score (nSPS) is 16.4. The molecule has 0 saturated heterocycles. The largest absolute Gasteiger partial charge is 0.179 e. The van der Waals surface area contributed by atoms with E-state index in [4.69, 9.17) is 0 Å². The zero-order valence-corrected chi connectivity index (χ0v) is 8.06. The summed E-state index contributed by atoms with van der Waals surface area (Å²) < 4.78 is 0. The van der Waals surface area contributed by atoms with Gasteiger partial charge in [0.25, 0.3) is 0 Å². The molecule has 0 aromatic heterocycles. The van der Waals surface area contributed by atoms with E-state index in [1.807, 2.05) is 0 Å². The van der Waals surface area contributed by atoms with E-state index >= 15 is 0 Å². The lowest BCUT2D eigenvalue weighted by Crippen LogP contribution is -1.99. The van der Waals surface area contributed by atoms with E-state index in [2.05, 4.69) is 36.9 Å². The molecule has 0 unspecified atom stereocenters. The van der Waals surface area contributed by atoms with Crippen LogP contribution >= 0.6 is 12.6 Å². The van der Waals surface area contributed by atoms with Crippen molar-refractivity contribution in [3.05, 3.63) is 35.4 Å². The Kier molecular flexibility index (Phi) is 2.40. The van der Waals surface area contributed by atoms with E-state index < -0.39 is 0 Å². The van der Waals surface area contributed by atoms with Crippen LogP contribution in [0.5, 0.6) is 0 Å². The fourth-order valence-electron chi connectivity index (χ4n) is 2.04. The van der Waals surface area contributed by atoms with E-state index in [1.54, 1.807) is 11.1 Å². The molecule has 0 fully saturated rings. The van der Waals surface area contributed by atoms with Gasteiger partial charge in [0.15, 0.2) is 0 Å². The summed E-state index contributed by atoms with van der Waals surface area (Å²) in [7, 11) is 0. The van der Waals surface area contributed by atoms with Crippen LogP contribution in [0.1, 0.15) is 17.5 Å². The summed E-state index contributed by atoms with van der Waals surface area (Å²) in [5, 5.41) is 0. The van der Waals surface area contributed by atoms with Crippen molar-refractivity contribution in [3.63, 3.8) is 0 Å². The van der Waals surface area contributed by atoms with Gasteiger partial charge < -0.3 is 0 Å². The molecule has 0 N–H and O–H groups in total. The average Bonchev–Trinajstić information content (AvgIpc) is 2.47. The molecule has 64 valence electrons. The molecule has 0 saturated carbocycles. The van der Waals surface area contributed by atoms with Crippen LogP contribution in [0.15, 0.2) is 24.3 Å². The summed E-state index contributed by atoms with van der Waals surface area (Å²) in [4.78, 5) is 0. The first-order valence-corrected chi connectivity index (χ1v) is 5.21. The Hall–Kier alpha value is -0.430. The lowest BCUT2D eigenvalue weighted by atomic mass is 10.0. The van der Waals surface area contributed by atoms with Crippen molar-refractivity contribution >= 4 is 12.6 Å². The molecule has 1 aromatic carbocycles. The van der Waals surface area contributed by atoms with Gasteiger partial charge in [-0.2, -0.15) is 12.6 Å². The minimum atomic E-state index is 0.861. The highest BCUT2D eigenvalue weighted by Gasteiger charge is 2.19. The van der Waals surface area contributed by atoms with E-state index in [0.29, 0.717) is 0 Å². The summed E-state index contributed by atoms with van der Waals surface area (Å²) >= 11 is 4.27. The second kappa shape index (κ2) is 3.53. The molecule has 0 bridgehead atoms. The van der Waals surface area contributed by atoms with Gasteiger partial charge >= 0.3 is 0 Å². The molecule has 2 rings (SSSR count). The van der Waals surface area contributed by atoms with Crippen LogP contribution in [0.3, 0.4) is 0 Å². The first-order chi connectivity index (χ1) is 5.90. The van der Waals surface area contributed by atoms with Crippen LogP contribution in [0.2, 0.25) is 0 Å². The van der Waals surface area contributed by atoms with Gasteiger partial charge in [0.2, 0.25) is 0 Å². The maximum Gasteiger partial charge on any atom is -0.00950 e. The third kappa shape index (κ3) is 1.51. The van der Waals surface area contributed by atoms with Gasteiger partial charge in [0, 0.05) is 0 Å². The van der Waals surface area contributed by atoms with Crippen molar-refractivity contribution in [2.24, 2.45) is 5.92 Å². The standard InChI is InChI=1S/C11H14S/c12-6-5-9-7-10-3-1-2-4-11(10)8-9/h1-4,9,12H,5-8H2. The summed E-state index contributed by atoms with van der Waals surface area (Å²) in [6, 6.07) is 8.80. The van der Waals surface area contributed by atoms with Crippen molar-refractivity contribution in [1.29, 1.82) is 0 Å². The molecule has 12 heavy (non-hydrogen) atoms. The number of rotatable bonds is 2. The second-order valence-corrected chi connectivity index (χ2v) is 4.00. The molecule has 0 amide bonds. The molecule has 0 atom stereocenters. The third-order valence-electron chi connectivity index (χ3n) is 2.67. The highest BCUT2D eigenvalue weighted by molar-refractivity contribution is 7.80. The van der Waals surface area contributed by atoms with Crippen LogP contribution in [-0.4, -0.2) is 5.75 Å². The van der Waals surface area contributed by atoms with Gasteiger partial charge in [0.05, 0.1) is 0 Å². The van der Waals surface area contributed by atoms with Crippen molar-refractivity contribution in [1.82, 2.24) is 0 Å². The first-order valence-electron chi connectivity index (χ1n) is 4.58. The number of hydrogen-bond donors (Lipinski definition) is 1. The minimum Gasteiger partial charge on any atom is -0.179 e. The van der Waals surface area contributed by atoms with Crippen molar-refractivity contribution in [2.75, 3.05) is 5.75 Å². The molecule has 0 aliphatic heterocycles. The fraction of sp³-hybridized carbons (Fsp3) is 0.455. The fourth-order valence-corrected chi connectivity index (χ4v) is 2.40. The molecular formula is C11H14S. The van der Waals surface area contributed by atoms with Gasteiger partial charge in [-0.3, -0.25) is 0 Å². The summed E-state index contributed by atoms with van der Waals surface area (Å²) in [5.41, 5.74) is 3.12. The first kappa shape index (κ1) is 8.18. The van der Waals surface area contributed by atoms with E-state index in [1.165, 1.54) is 19.3 Å². The third-order valence-corrected chi connectivity index (χ3v) is 2.93. The predicted molar refractivity (Wildman–Crippen MR) is 55.8 cm³/mol. The Bertz CT molecular complexity index is 242. The lowest BCUT2D eigenvalue weighted by Gasteiger charge is -2.04. The number of benzene rings is 1. The Labute approximate surface area is 79.4 Å². The topological polar surface area (TPSA) is 0 Å². The van der Waals surface area contributed by atoms with Crippen LogP contribution in [0, 0.1) is 5.92 Å².